The van der Waals surface area contributed by atoms with Gasteiger partial charge in [-0.1, -0.05) is 49.4 Å². The average Bonchev–Trinajstić information content (AvgIpc) is 3.38. The zero-order valence-corrected chi connectivity index (χ0v) is 18.1. The maximum absolute atomic E-state index is 11.3. The number of carbonyl (C=O) groups is 1. The zero-order valence-electron chi connectivity index (χ0n) is 18.1. The van der Waals surface area contributed by atoms with E-state index in [1.807, 2.05) is 43.3 Å². The van der Waals surface area contributed by atoms with Gasteiger partial charge in [-0.25, -0.2) is 4.79 Å². The van der Waals surface area contributed by atoms with Gasteiger partial charge in [-0.15, -0.1) is 0 Å². The van der Waals surface area contributed by atoms with Crippen molar-refractivity contribution in [3.63, 3.8) is 0 Å². The molecule has 4 rings (SSSR count). The fourth-order valence-corrected chi connectivity index (χ4v) is 5.03. The van der Waals surface area contributed by atoms with Crippen molar-refractivity contribution in [1.82, 2.24) is 0 Å². The summed E-state index contributed by atoms with van der Waals surface area (Å²) in [6, 6.07) is 18.1. The summed E-state index contributed by atoms with van der Waals surface area (Å²) in [6.07, 6.45) is 4.48. The van der Waals surface area contributed by atoms with Crippen LogP contribution >= 0.6 is 0 Å². The minimum atomic E-state index is -0.926. The highest BCUT2D eigenvalue weighted by Gasteiger charge is 2.48. The van der Waals surface area contributed by atoms with E-state index >= 15 is 0 Å². The quantitative estimate of drug-likeness (QED) is 0.521. The highest BCUT2D eigenvalue weighted by molar-refractivity contribution is 5.72. The monoisotopic (exact) mass is 424 g/mol. The summed E-state index contributed by atoms with van der Waals surface area (Å²) in [5.74, 6) is 0.667. The second-order valence-corrected chi connectivity index (χ2v) is 8.65. The van der Waals surface area contributed by atoms with E-state index in [9.17, 15) is 9.90 Å². The van der Waals surface area contributed by atoms with Crippen molar-refractivity contribution in [3.8, 4) is 5.75 Å². The van der Waals surface area contributed by atoms with Crippen LogP contribution in [0, 0.1) is 11.8 Å². The minimum Gasteiger partial charge on any atom is -0.479 e. The number of hydrogen-bond donors (Lipinski definition) is 1. The molecule has 2 aliphatic heterocycles. The molecule has 2 aliphatic rings. The normalized spacial score (nSPS) is 25.5. The molecule has 0 spiro atoms. The molecule has 5 nitrogen and oxygen atoms in total. The van der Waals surface area contributed by atoms with Crippen molar-refractivity contribution >= 4 is 5.97 Å². The Morgan fingerprint density at radius 2 is 1.81 bits per heavy atom. The molecular formula is C26H32O5. The van der Waals surface area contributed by atoms with Crippen LogP contribution in [0.1, 0.15) is 43.7 Å². The van der Waals surface area contributed by atoms with Crippen LogP contribution in [-0.2, 0) is 27.3 Å². The molecule has 31 heavy (non-hydrogen) atoms. The summed E-state index contributed by atoms with van der Waals surface area (Å²) >= 11 is 0. The molecule has 2 aromatic rings. The van der Waals surface area contributed by atoms with Crippen molar-refractivity contribution in [2.75, 3.05) is 6.61 Å². The van der Waals surface area contributed by atoms with Gasteiger partial charge in [0.15, 0.2) is 6.10 Å². The Morgan fingerprint density at radius 1 is 1.06 bits per heavy atom. The highest BCUT2D eigenvalue weighted by Crippen LogP contribution is 2.46. The molecule has 0 amide bonds. The standard InChI is InChI=1S/C26H32O5/c1-2-23(26(27)28)30-20-10-6-9-19(15-20)16-22-21(24-11-12-25(22)31-24)13-14-29-17-18-7-4-3-5-8-18/h3-10,15,21-25H,2,11-14,16-17H2,1H3,(H,27,28). The van der Waals surface area contributed by atoms with Crippen LogP contribution in [0.3, 0.4) is 0 Å². The Morgan fingerprint density at radius 3 is 2.55 bits per heavy atom. The lowest BCUT2D eigenvalue weighted by atomic mass is 9.75. The summed E-state index contributed by atoms with van der Waals surface area (Å²) in [7, 11) is 0. The lowest BCUT2D eigenvalue weighted by Gasteiger charge is -2.28. The number of aliphatic carboxylic acids is 1. The van der Waals surface area contributed by atoms with Gasteiger partial charge in [0.2, 0.25) is 0 Å². The van der Waals surface area contributed by atoms with Crippen LogP contribution in [0.2, 0.25) is 0 Å². The molecule has 2 heterocycles. The third-order valence-electron chi connectivity index (χ3n) is 6.59. The van der Waals surface area contributed by atoms with Gasteiger partial charge >= 0.3 is 5.97 Å². The number of fused-ring (bicyclic) bond motifs is 2. The Balaban J connectivity index is 1.34. The van der Waals surface area contributed by atoms with Gasteiger partial charge in [-0.2, -0.15) is 0 Å². The molecule has 0 saturated carbocycles. The molecule has 2 saturated heterocycles. The maximum atomic E-state index is 11.3. The number of carboxylic acids is 1. The Kier molecular flexibility index (Phi) is 7.25. The molecule has 2 aromatic carbocycles. The van der Waals surface area contributed by atoms with Crippen LogP contribution in [-0.4, -0.2) is 36.0 Å². The predicted molar refractivity (Wildman–Crippen MR) is 118 cm³/mol. The van der Waals surface area contributed by atoms with Crippen molar-refractivity contribution in [2.24, 2.45) is 11.8 Å². The van der Waals surface area contributed by atoms with E-state index in [4.69, 9.17) is 14.2 Å². The minimum absolute atomic E-state index is 0.316. The van der Waals surface area contributed by atoms with E-state index in [1.165, 1.54) is 11.1 Å². The Hall–Kier alpha value is -2.37. The predicted octanol–water partition coefficient (Wildman–Crippen LogP) is 4.87. The van der Waals surface area contributed by atoms with E-state index in [-0.39, 0.29) is 0 Å². The molecule has 166 valence electrons. The van der Waals surface area contributed by atoms with Crippen LogP contribution in [0.15, 0.2) is 54.6 Å². The number of carboxylic acid groups (broad SMARTS) is 1. The molecule has 2 fully saturated rings. The van der Waals surface area contributed by atoms with Crippen molar-refractivity contribution in [2.45, 2.75) is 63.9 Å². The maximum Gasteiger partial charge on any atom is 0.344 e. The number of rotatable bonds is 11. The van der Waals surface area contributed by atoms with Gasteiger partial charge in [-0.05, 0) is 67.2 Å². The Bertz CT molecular complexity index is 852. The first kappa shape index (κ1) is 21.8. The summed E-state index contributed by atoms with van der Waals surface area (Å²) in [5, 5.41) is 9.26. The van der Waals surface area contributed by atoms with Gasteiger partial charge < -0.3 is 19.3 Å². The number of ether oxygens (including phenoxy) is 3. The summed E-state index contributed by atoms with van der Waals surface area (Å²) in [4.78, 5) is 11.3. The first-order valence-electron chi connectivity index (χ1n) is 11.4. The molecule has 2 bridgehead atoms. The molecule has 5 unspecified atom stereocenters. The van der Waals surface area contributed by atoms with E-state index in [2.05, 4.69) is 18.2 Å². The van der Waals surface area contributed by atoms with Crippen LogP contribution in [0.4, 0.5) is 0 Å². The van der Waals surface area contributed by atoms with E-state index in [0.29, 0.717) is 42.8 Å². The average molecular weight is 425 g/mol. The van der Waals surface area contributed by atoms with Gasteiger partial charge in [0.05, 0.1) is 18.8 Å². The molecule has 5 atom stereocenters. The van der Waals surface area contributed by atoms with Gasteiger partial charge in [-0.3, -0.25) is 0 Å². The van der Waals surface area contributed by atoms with E-state index in [1.54, 1.807) is 0 Å². The molecule has 0 aromatic heterocycles. The molecule has 0 aliphatic carbocycles. The third kappa shape index (κ3) is 5.46. The van der Waals surface area contributed by atoms with Crippen LogP contribution in [0.25, 0.3) is 0 Å². The largest absolute Gasteiger partial charge is 0.479 e. The molecule has 0 radical (unpaired) electrons. The first-order chi connectivity index (χ1) is 15.1. The van der Waals surface area contributed by atoms with Crippen molar-refractivity contribution in [1.29, 1.82) is 0 Å². The van der Waals surface area contributed by atoms with Gasteiger partial charge in [0.25, 0.3) is 0 Å². The van der Waals surface area contributed by atoms with Crippen LogP contribution in [0.5, 0.6) is 5.75 Å². The third-order valence-corrected chi connectivity index (χ3v) is 6.59. The molecule has 5 heteroatoms. The van der Waals surface area contributed by atoms with Crippen LogP contribution < -0.4 is 4.74 Å². The smallest absolute Gasteiger partial charge is 0.344 e. The lowest BCUT2D eigenvalue weighted by molar-refractivity contribution is -0.145. The SMILES string of the molecule is CCC(Oc1cccc(CC2C3CCC(O3)C2CCOCc2ccccc2)c1)C(=O)O. The van der Waals surface area contributed by atoms with Crippen molar-refractivity contribution in [3.05, 3.63) is 65.7 Å². The number of benzene rings is 2. The Labute approximate surface area is 184 Å². The lowest BCUT2D eigenvalue weighted by Crippen LogP contribution is -2.30. The molecule has 1 N–H and O–H groups in total. The fourth-order valence-electron chi connectivity index (χ4n) is 5.03. The summed E-state index contributed by atoms with van der Waals surface area (Å²) in [6.45, 7) is 3.21. The fraction of sp³-hybridized carbons (Fsp3) is 0.500. The van der Waals surface area contributed by atoms with E-state index in [0.717, 1.165) is 32.3 Å². The number of hydrogen-bond acceptors (Lipinski definition) is 4. The topological polar surface area (TPSA) is 65.0 Å². The second kappa shape index (κ2) is 10.3. The summed E-state index contributed by atoms with van der Waals surface area (Å²) in [5.41, 5.74) is 2.38. The highest BCUT2D eigenvalue weighted by atomic mass is 16.5. The van der Waals surface area contributed by atoms with E-state index < -0.39 is 12.1 Å². The molecular weight excluding hydrogens is 392 g/mol. The zero-order chi connectivity index (χ0) is 21.6. The van der Waals surface area contributed by atoms with Gasteiger partial charge in [0, 0.05) is 6.61 Å². The first-order valence-corrected chi connectivity index (χ1v) is 11.4. The summed E-state index contributed by atoms with van der Waals surface area (Å²) < 4.78 is 17.9. The van der Waals surface area contributed by atoms with Gasteiger partial charge in [0.1, 0.15) is 5.75 Å². The van der Waals surface area contributed by atoms with Crippen molar-refractivity contribution < 1.29 is 24.1 Å². The second-order valence-electron chi connectivity index (χ2n) is 8.65.